The van der Waals surface area contributed by atoms with Crippen LogP contribution in [-0.2, 0) is 15.0 Å². The molecular weight excluding hydrogens is 388 g/mol. The van der Waals surface area contributed by atoms with Crippen LogP contribution < -0.4 is 15.0 Å². The summed E-state index contributed by atoms with van der Waals surface area (Å²) in [5.41, 5.74) is 2.88. The molecule has 1 heterocycles. The second-order valence-electron chi connectivity index (χ2n) is 8.30. The molecule has 0 bridgehead atoms. The molecule has 0 saturated carbocycles. The van der Waals surface area contributed by atoms with Crippen molar-refractivity contribution in [3.8, 4) is 5.75 Å². The Morgan fingerprint density at radius 3 is 2.48 bits per heavy atom. The Hall–Kier alpha value is -2.53. The molecule has 2 aromatic carbocycles. The molecule has 6 heteroatoms. The number of halogens is 1. The summed E-state index contributed by atoms with van der Waals surface area (Å²) < 4.78 is 5.84. The van der Waals surface area contributed by atoms with Crippen molar-refractivity contribution in [1.29, 1.82) is 0 Å². The van der Waals surface area contributed by atoms with Gasteiger partial charge in [-0.15, -0.1) is 0 Å². The predicted molar refractivity (Wildman–Crippen MR) is 116 cm³/mol. The van der Waals surface area contributed by atoms with E-state index in [1.165, 1.54) is 12.5 Å². The number of nitrogens with one attached hydrogen (secondary N) is 1. The second-order valence-corrected chi connectivity index (χ2v) is 8.74. The molecule has 1 aliphatic heterocycles. The van der Waals surface area contributed by atoms with E-state index in [0.717, 1.165) is 17.0 Å². The number of ether oxygens (including phenoxy) is 1. The maximum atomic E-state index is 12.8. The molecule has 5 nitrogen and oxygen atoms in total. The van der Waals surface area contributed by atoms with E-state index in [2.05, 4.69) is 38.2 Å². The van der Waals surface area contributed by atoms with Crippen LogP contribution >= 0.6 is 11.6 Å². The number of nitrogens with zero attached hydrogens (tertiary/aromatic N) is 1. The number of benzene rings is 2. The molecular formula is C23H27ClN2O3. The fraction of sp³-hybridized carbons (Fsp3) is 0.391. The van der Waals surface area contributed by atoms with E-state index < -0.39 is 6.04 Å². The topological polar surface area (TPSA) is 58.6 Å². The fourth-order valence-electron chi connectivity index (χ4n) is 3.45. The Labute approximate surface area is 177 Å². The third kappa shape index (κ3) is 4.91. The van der Waals surface area contributed by atoms with Crippen molar-refractivity contribution in [3.05, 3.63) is 58.6 Å². The third-order valence-electron chi connectivity index (χ3n) is 4.97. The minimum atomic E-state index is -0.688. The van der Waals surface area contributed by atoms with E-state index >= 15 is 0 Å². The van der Waals surface area contributed by atoms with Crippen molar-refractivity contribution in [1.82, 2.24) is 5.32 Å². The molecule has 3 rings (SSSR count). The van der Waals surface area contributed by atoms with Gasteiger partial charge in [-0.05, 0) is 47.7 Å². The van der Waals surface area contributed by atoms with Gasteiger partial charge in [0.05, 0.1) is 6.61 Å². The highest BCUT2D eigenvalue weighted by Crippen LogP contribution is 2.37. The number of hydrogen-bond acceptors (Lipinski definition) is 3. The van der Waals surface area contributed by atoms with Crippen LogP contribution in [0.5, 0.6) is 5.75 Å². The predicted octanol–water partition coefficient (Wildman–Crippen LogP) is 4.63. The van der Waals surface area contributed by atoms with E-state index in [0.29, 0.717) is 24.6 Å². The number of hydrogen-bond donors (Lipinski definition) is 1. The minimum absolute atomic E-state index is 0.107. The van der Waals surface area contributed by atoms with Gasteiger partial charge in [-0.2, -0.15) is 0 Å². The highest BCUT2D eigenvalue weighted by Gasteiger charge is 2.37. The lowest BCUT2D eigenvalue weighted by Crippen LogP contribution is -2.37. The number of anilines is 1. The molecule has 0 saturated heterocycles. The molecule has 0 unspecified atom stereocenters. The van der Waals surface area contributed by atoms with Gasteiger partial charge in [0.2, 0.25) is 5.91 Å². The summed E-state index contributed by atoms with van der Waals surface area (Å²) in [5, 5.41) is 3.26. The Bertz CT molecular complexity index is 903. The first kappa shape index (κ1) is 21.2. The maximum Gasteiger partial charge on any atom is 0.254 e. The van der Waals surface area contributed by atoms with Crippen LogP contribution in [0.1, 0.15) is 51.3 Å². The number of rotatable bonds is 6. The highest BCUT2D eigenvalue weighted by molar-refractivity contribution is 6.31. The molecule has 0 fully saturated rings. The molecule has 0 aromatic heterocycles. The van der Waals surface area contributed by atoms with Gasteiger partial charge in [0.15, 0.2) is 0 Å². The highest BCUT2D eigenvalue weighted by atomic mass is 35.5. The second kappa shape index (κ2) is 8.46. The van der Waals surface area contributed by atoms with Gasteiger partial charge in [-0.1, -0.05) is 44.5 Å². The van der Waals surface area contributed by atoms with Crippen LogP contribution in [0.15, 0.2) is 42.5 Å². The molecule has 1 N–H and O–H groups in total. The molecule has 2 aromatic rings. The SMILES string of the molecule is CC(=O)N[C@H]1C(=O)N(CCCOc2ccc(C(C)(C)C)cc2)c2ccc(Cl)cc21. The van der Waals surface area contributed by atoms with E-state index in [1.807, 2.05) is 18.2 Å². The first-order valence-electron chi connectivity index (χ1n) is 9.78. The largest absolute Gasteiger partial charge is 0.494 e. The molecule has 0 aliphatic carbocycles. The van der Waals surface area contributed by atoms with Crippen LogP contribution in [0.2, 0.25) is 5.02 Å². The van der Waals surface area contributed by atoms with Gasteiger partial charge >= 0.3 is 0 Å². The molecule has 29 heavy (non-hydrogen) atoms. The quantitative estimate of drug-likeness (QED) is 0.701. The lowest BCUT2D eigenvalue weighted by molar-refractivity contribution is -0.126. The zero-order valence-corrected chi connectivity index (χ0v) is 18.0. The maximum absolute atomic E-state index is 12.8. The third-order valence-corrected chi connectivity index (χ3v) is 5.20. The van der Waals surface area contributed by atoms with Crippen molar-refractivity contribution in [2.45, 2.75) is 45.6 Å². The summed E-state index contributed by atoms with van der Waals surface area (Å²) in [7, 11) is 0. The summed E-state index contributed by atoms with van der Waals surface area (Å²) in [5.74, 6) is 0.416. The van der Waals surface area contributed by atoms with E-state index in [-0.39, 0.29) is 17.2 Å². The zero-order chi connectivity index (χ0) is 21.2. The van der Waals surface area contributed by atoms with Crippen molar-refractivity contribution < 1.29 is 14.3 Å². The monoisotopic (exact) mass is 414 g/mol. The summed E-state index contributed by atoms with van der Waals surface area (Å²) in [4.78, 5) is 26.0. The molecule has 0 spiro atoms. The Kier molecular flexibility index (Phi) is 6.18. The van der Waals surface area contributed by atoms with Crippen molar-refractivity contribution >= 4 is 29.1 Å². The van der Waals surface area contributed by atoms with Crippen molar-refractivity contribution in [3.63, 3.8) is 0 Å². The lowest BCUT2D eigenvalue weighted by Gasteiger charge is -2.20. The van der Waals surface area contributed by atoms with Crippen molar-refractivity contribution in [2.24, 2.45) is 0 Å². The lowest BCUT2D eigenvalue weighted by atomic mass is 9.87. The Morgan fingerprint density at radius 1 is 1.17 bits per heavy atom. The summed E-state index contributed by atoms with van der Waals surface area (Å²) in [6, 6.07) is 12.7. The summed E-state index contributed by atoms with van der Waals surface area (Å²) in [6.45, 7) is 8.93. The molecule has 2 amide bonds. The summed E-state index contributed by atoms with van der Waals surface area (Å²) in [6.07, 6.45) is 0.668. The molecule has 154 valence electrons. The van der Waals surface area contributed by atoms with E-state index in [9.17, 15) is 9.59 Å². The van der Waals surface area contributed by atoms with Gasteiger partial charge in [-0.3, -0.25) is 9.59 Å². The zero-order valence-electron chi connectivity index (χ0n) is 17.3. The van der Waals surface area contributed by atoms with Gasteiger partial charge in [0.1, 0.15) is 11.8 Å². The number of carbonyl (C=O) groups is 2. The Morgan fingerprint density at radius 2 is 1.86 bits per heavy atom. The number of carbonyl (C=O) groups excluding carboxylic acids is 2. The molecule has 0 radical (unpaired) electrons. The molecule has 1 aliphatic rings. The first-order chi connectivity index (χ1) is 13.7. The van der Waals surface area contributed by atoms with Crippen molar-refractivity contribution in [2.75, 3.05) is 18.1 Å². The van der Waals surface area contributed by atoms with Crippen LogP contribution in [0, 0.1) is 0 Å². The standard InChI is InChI=1S/C23H27ClN2O3/c1-15(27)25-21-19-14-17(24)8-11-20(19)26(22(21)28)12-5-13-29-18-9-6-16(7-10-18)23(2,3)4/h6-11,14,21H,5,12-13H2,1-4H3,(H,25,27)/t21-/m1/s1. The average Bonchev–Trinajstić information content (AvgIpc) is 2.89. The van der Waals surface area contributed by atoms with Crippen LogP contribution in [0.4, 0.5) is 5.69 Å². The first-order valence-corrected chi connectivity index (χ1v) is 10.2. The summed E-state index contributed by atoms with van der Waals surface area (Å²) >= 11 is 6.09. The number of amides is 2. The normalized spacial score (nSPS) is 16.0. The van der Waals surface area contributed by atoms with Gasteiger partial charge in [0, 0.05) is 29.7 Å². The molecule has 1 atom stereocenters. The van der Waals surface area contributed by atoms with Gasteiger partial charge < -0.3 is 15.0 Å². The van der Waals surface area contributed by atoms with Crippen LogP contribution in [0.3, 0.4) is 0 Å². The average molecular weight is 415 g/mol. The van der Waals surface area contributed by atoms with E-state index in [1.54, 1.807) is 17.0 Å². The fourth-order valence-corrected chi connectivity index (χ4v) is 3.63. The number of fused-ring (bicyclic) bond motifs is 1. The Balaban J connectivity index is 1.61. The van der Waals surface area contributed by atoms with Crippen LogP contribution in [0.25, 0.3) is 0 Å². The van der Waals surface area contributed by atoms with E-state index in [4.69, 9.17) is 16.3 Å². The van der Waals surface area contributed by atoms with Gasteiger partial charge in [0.25, 0.3) is 5.91 Å². The smallest absolute Gasteiger partial charge is 0.254 e. The minimum Gasteiger partial charge on any atom is -0.494 e. The van der Waals surface area contributed by atoms with Crippen LogP contribution in [-0.4, -0.2) is 25.0 Å². The van der Waals surface area contributed by atoms with Gasteiger partial charge in [-0.25, -0.2) is 0 Å².